The second-order valence-corrected chi connectivity index (χ2v) is 7.05. The average Bonchev–Trinajstić information content (AvgIpc) is 3.19. The maximum atomic E-state index is 11.5. The van der Waals surface area contributed by atoms with Crippen molar-refractivity contribution in [2.45, 2.75) is 31.7 Å². The highest BCUT2D eigenvalue weighted by Gasteiger charge is 2.30. The zero-order valence-electron chi connectivity index (χ0n) is 13.0. The van der Waals surface area contributed by atoms with E-state index in [-0.39, 0.29) is 11.9 Å². The number of nitrogens with one attached hydrogen (secondary N) is 1. The summed E-state index contributed by atoms with van der Waals surface area (Å²) >= 11 is 1.51. The highest BCUT2D eigenvalue weighted by molar-refractivity contribution is 7.10. The monoisotopic (exact) mass is 343 g/mol. The zero-order chi connectivity index (χ0) is 16.7. The molecule has 1 fully saturated rings. The maximum Gasteiger partial charge on any atom is 0.407 e. The van der Waals surface area contributed by atoms with Crippen LogP contribution in [0.5, 0.6) is 0 Å². The molecular formula is C17H17N3O3S. The Morgan fingerprint density at radius 1 is 1.38 bits per heavy atom. The molecule has 4 rings (SSSR count). The van der Waals surface area contributed by atoms with E-state index in [9.17, 15) is 14.7 Å². The molecule has 1 aromatic carbocycles. The van der Waals surface area contributed by atoms with Gasteiger partial charge < -0.3 is 10.4 Å². The molecule has 0 aliphatic carbocycles. The summed E-state index contributed by atoms with van der Waals surface area (Å²) in [6, 6.07) is 5.69. The summed E-state index contributed by atoms with van der Waals surface area (Å²) in [6.07, 6.45) is 2.28. The van der Waals surface area contributed by atoms with Gasteiger partial charge in [0.15, 0.2) is 0 Å². The first-order chi connectivity index (χ1) is 11.6. The van der Waals surface area contributed by atoms with Gasteiger partial charge in [0.2, 0.25) is 5.91 Å². The fourth-order valence-electron chi connectivity index (χ4n) is 3.38. The number of hydrogen-bond acceptors (Lipinski definition) is 4. The molecular weight excluding hydrogens is 326 g/mol. The molecule has 1 atom stereocenters. The van der Waals surface area contributed by atoms with E-state index in [4.69, 9.17) is 0 Å². The molecule has 0 spiro atoms. The van der Waals surface area contributed by atoms with Gasteiger partial charge in [-0.2, -0.15) is 0 Å². The largest absolute Gasteiger partial charge is 0.465 e. The summed E-state index contributed by atoms with van der Waals surface area (Å²) in [7, 11) is 0. The molecule has 2 aliphatic rings. The normalized spacial score (nSPS) is 19.9. The van der Waals surface area contributed by atoms with E-state index < -0.39 is 6.09 Å². The molecule has 0 radical (unpaired) electrons. The highest BCUT2D eigenvalue weighted by Crippen LogP contribution is 2.36. The minimum atomic E-state index is -0.876. The molecule has 2 amide bonds. The number of carboxylic acid groups (broad SMARTS) is 1. The standard InChI is InChI=1S/C17H17N3O3S/c21-15-8-11-7-10(4-5-12(11)18-15)13-9-24-16(19-13)14-3-1-2-6-20(14)17(22)23/h4-5,7,9,14H,1-3,6,8H2,(H,18,21)(H,22,23)/t14-/m1/s1. The Morgan fingerprint density at radius 2 is 2.25 bits per heavy atom. The van der Waals surface area contributed by atoms with Crippen molar-refractivity contribution in [2.75, 3.05) is 11.9 Å². The van der Waals surface area contributed by atoms with E-state index in [2.05, 4.69) is 10.3 Å². The summed E-state index contributed by atoms with van der Waals surface area (Å²) in [5.74, 6) is 0.0143. The van der Waals surface area contributed by atoms with Crippen LogP contribution in [-0.2, 0) is 11.2 Å². The van der Waals surface area contributed by atoms with Gasteiger partial charge in [-0.05, 0) is 37.0 Å². The van der Waals surface area contributed by atoms with Crippen LogP contribution >= 0.6 is 11.3 Å². The van der Waals surface area contributed by atoms with E-state index in [1.807, 2.05) is 23.6 Å². The minimum absolute atomic E-state index is 0.0143. The molecule has 2 aliphatic heterocycles. The van der Waals surface area contributed by atoms with E-state index in [1.165, 1.54) is 16.2 Å². The Hall–Kier alpha value is -2.41. The first kappa shape index (κ1) is 15.1. The van der Waals surface area contributed by atoms with Crippen molar-refractivity contribution in [3.63, 3.8) is 0 Å². The third kappa shape index (κ3) is 2.65. The average molecular weight is 343 g/mol. The number of carbonyl (C=O) groups excluding carboxylic acids is 1. The molecule has 2 N–H and O–H groups in total. The fraction of sp³-hybridized carbons (Fsp3) is 0.353. The Morgan fingerprint density at radius 3 is 3.08 bits per heavy atom. The van der Waals surface area contributed by atoms with Crippen molar-refractivity contribution in [1.29, 1.82) is 0 Å². The van der Waals surface area contributed by atoms with Gasteiger partial charge >= 0.3 is 6.09 Å². The molecule has 3 heterocycles. The van der Waals surface area contributed by atoms with Crippen LogP contribution in [0, 0.1) is 0 Å². The Balaban J connectivity index is 1.62. The summed E-state index contributed by atoms with van der Waals surface area (Å²) in [5, 5.41) is 15.0. The van der Waals surface area contributed by atoms with Crippen molar-refractivity contribution in [3.05, 3.63) is 34.2 Å². The second kappa shape index (κ2) is 5.90. The summed E-state index contributed by atoms with van der Waals surface area (Å²) in [5.41, 5.74) is 3.65. The van der Waals surface area contributed by atoms with E-state index in [0.717, 1.165) is 46.8 Å². The van der Waals surface area contributed by atoms with Gasteiger partial charge in [-0.25, -0.2) is 9.78 Å². The predicted molar refractivity (Wildman–Crippen MR) is 91.2 cm³/mol. The quantitative estimate of drug-likeness (QED) is 0.874. The number of benzene rings is 1. The maximum absolute atomic E-state index is 11.5. The van der Waals surface area contributed by atoms with Crippen molar-refractivity contribution in [1.82, 2.24) is 9.88 Å². The number of thiazole rings is 1. The fourth-order valence-corrected chi connectivity index (χ4v) is 4.35. The van der Waals surface area contributed by atoms with Crippen LogP contribution in [0.25, 0.3) is 11.3 Å². The number of hydrogen-bond donors (Lipinski definition) is 2. The van der Waals surface area contributed by atoms with Crippen LogP contribution in [0.1, 0.15) is 35.9 Å². The predicted octanol–water partition coefficient (Wildman–Crippen LogP) is 3.51. The summed E-state index contributed by atoms with van der Waals surface area (Å²) in [6.45, 7) is 0.571. The third-order valence-electron chi connectivity index (χ3n) is 4.58. The number of carbonyl (C=O) groups is 2. The van der Waals surface area contributed by atoms with Gasteiger partial charge in [0.25, 0.3) is 0 Å². The molecule has 124 valence electrons. The van der Waals surface area contributed by atoms with Crippen LogP contribution in [0.15, 0.2) is 23.6 Å². The lowest BCUT2D eigenvalue weighted by Gasteiger charge is -2.32. The number of piperidine rings is 1. The van der Waals surface area contributed by atoms with Gasteiger partial charge in [-0.1, -0.05) is 6.07 Å². The third-order valence-corrected chi connectivity index (χ3v) is 5.53. The van der Waals surface area contributed by atoms with Crippen LogP contribution in [0.2, 0.25) is 0 Å². The van der Waals surface area contributed by atoms with Crippen molar-refractivity contribution < 1.29 is 14.7 Å². The first-order valence-electron chi connectivity index (χ1n) is 8.00. The molecule has 1 aromatic heterocycles. The Bertz CT molecular complexity index is 817. The lowest BCUT2D eigenvalue weighted by molar-refractivity contribution is -0.115. The number of anilines is 1. The lowest BCUT2D eigenvalue weighted by Crippen LogP contribution is -2.37. The first-order valence-corrected chi connectivity index (χ1v) is 8.88. The lowest BCUT2D eigenvalue weighted by atomic mass is 10.0. The number of rotatable bonds is 2. The smallest absolute Gasteiger partial charge is 0.407 e. The van der Waals surface area contributed by atoms with E-state index >= 15 is 0 Å². The van der Waals surface area contributed by atoms with Crippen LogP contribution in [0.3, 0.4) is 0 Å². The SMILES string of the molecule is O=C1Cc2cc(-c3csc([C@H]4CCCCN4C(=O)O)n3)ccc2N1. The molecule has 24 heavy (non-hydrogen) atoms. The molecule has 0 bridgehead atoms. The highest BCUT2D eigenvalue weighted by atomic mass is 32.1. The van der Waals surface area contributed by atoms with Gasteiger partial charge in [-0.15, -0.1) is 11.3 Å². The van der Waals surface area contributed by atoms with Gasteiger partial charge in [0.05, 0.1) is 18.2 Å². The van der Waals surface area contributed by atoms with Crippen molar-refractivity contribution in [2.24, 2.45) is 0 Å². The van der Waals surface area contributed by atoms with Gasteiger partial charge in [0, 0.05) is 23.2 Å². The number of aromatic nitrogens is 1. The van der Waals surface area contributed by atoms with E-state index in [1.54, 1.807) is 0 Å². The zero-order valence-corrected chi connectivity index (χ0v) is 13.8. The number of likely N-dealkylation sites (tertiary alicyclic amines) is 1. The van der Waals surface area contributed by atoms with Gasteiger partial charge in [-0.3, -0.25) is 9.69 Å². The van der Waals surface area contributed by atoms with Crippen LogP contribution in [0.4, 0.5) is 10.5 Å². The van der Waals surface area contributed by atoms with Crippen LogP contribution in [-0.4, -0.2) is 33.5 Å². The number of nitrogens with zero attached hydrogens (tertiary/aromatic N) is 2. The number of fused-ring (bicyclic) bond motifs is 1. The molecule has 1 saturated heterocycles. The van der Waals surface area contributed by atoms with Crippen molar-refractivity contribution >= 4 is 29.0 Å². The Kier molecular flexibility index (Phi) is 3.72. The summed E-state index contributed by atoms with van der Waals surface area (Å²) in [4.78, 5) is 29.1. The number of amides is 2. The molecule has 0 unspecified atom stereocenters. The molecule has 7 heteroatoms. The molecule has 0 saturated carbocycles. The van der Waals surface area contributed by atoms with Crippen LogP contribution < -0.4 is 5.32 Å². The topological polar surface area (TPSA) is 82.5 Å². The van der Waals surface area contributed by atoms with Crippen molar-refractivity contribution in [3.8, 4) is 11.3 Å². The Labute approximate surface area is 143 Å². The van der Waals surface area contributed by atoms with Gasteiger partial charge in [0.1, 0.15) is 5.01 Å². The second-order valence-electron chi connectivity index (χ2n) is 6.16. The molecule has 2 aromatic rings. The molecule has 6 nitrogen and oxygen atoms in total. The minimum Gasteiger partial charge on any atom is -0.465 e. The summed E-state index contributed by atoms with van der Waals surface area (Å²) < 4.78 is 0. The van der Waals surface area contributed by atoms with E-state index in [0.29, 0.717) is 13.0 Å².